The predicted octanol–water partition coefficient (Wildman–Crippen LogP) is 2.80. The number of halogens is 1. The van der Waals surface area contributed by atoms with Gasteiger partial charge in [0, 0.05) is 38.0 Å². The zero-order valence-corrected chi connectivity index (χ0v) is 17.8. The van der Waals surface area contributed by atoms with Crippen molar-refractivity contribution in [2.45, 2.75) is 25.9 Å². The minimum Gasteiger partial charge on any atom is -0.381 e. The van der Waals surface area contributed by atoms with Crippen molar-refractivity contribution >= 4 is 5.91 Å². The van der Waals surface area contributed by atoms with Crippen LogP contribution in [0.5, 0.6) is 0 Å². The number of carbonyl (C=O) groups excluding carboxylic acids is 1. The zero-order chi connectivity index (χ0) is 22.8. The van der Waals surface area contributed by atoms with Gasteiger partial charge in [-0.1, -0.05) is 0 Å². The van der Waals surface area contributed by atoms with Gasteiger partial charge >= 0.3 is 0 Å². The molecule has 0 saturated carbocycles. The summed E-state index contributed by atoms with van der Waals surface area (Å²) in [5.74, 6) is -0.753. The van der Waals surface area contributed by atoms with Gasteiger partial charge < -0.3 is 9.64 Å². The number of pyridine rings is 1. The van der Waals surface area contributed by atoms with Crippen LogP contribution in [0.1, 0.15) is 34.3 Å². The number of methoxy groups -OCH3 is 1. The minimum atomic E-state index is -0.663. The second kappa shape index (κ2) is 8.77. The molecule has 1 saturated heterocycles. The Balaban J connectivity index is 1.56. The van der Waals surface area contributed by atoms with Crippen LogP contribution in [0.15, 0.2) is 41.3 Å². The molecule has 1 aliphatic heterocycles. The third kappa shape index (κ3) is 3.92. The summed E-state index contributed by atoms with van der Waals surface area (Å²) in [6.45, 7) is 2.78. The van der Waals surface area contributed by atoms with Crippen molar-refractivity contribution in [2.24, 2.45) is 0 Å². The molecule has 9 heteroatoms. The summed E-state index contributed by atoms with van der Waals surface area (Å²) in [4.78, 5) is 31.4. The molecule has 1 fully saturated rings. The van der Waals surface area contributed by atoms with E-state index in [2.05, 4.69) is 10.1 Å². The fourth-order valence-electron chi connectivity index (χ4n) is 3.87. The van der Waals surface area contributed by atoms with Gasteiger partial charge in [-0.05, 0) is 44.0 Å². The van der Waals surface area contributed by atoms with E-state index in [9.17, 15) is 14.0 Å². The standard InChI is InChI=1S/C23H22FN5O3/c1-14-20(6-4-15(12-25)22(14)24)29-21(30)11-19(27-29)18-5-3-16(13-26-18)23(31)28-9-7-17(32-2)8-10-28/h3-6,11,13,17,27H,7-10H2,1-2H3. The molecule has 0 unspecified atom stereocenters. The van der Waals surface area contributed by atoms with Crippen molar-refractivity contribution in [3.05, 3.63) is 69.4 Å². The number of nitriles is 1. The Labute approximate surface area is 183 Å². The minimum absolute atomic E-state index is 0.0838. The van der Waals surface area contributed by atoms with Crippen LogP contribution in [-0.4, -0.2) is 51.9 Å². The normalized spacial score (nSPS) is 14.4. The molecule has 3 heterocycles. The third-order valence-corrected chi connectivity index (χ3v) is 5.79. The maximum atomic E-state index is 14.3. The van der Waals surface area contributed by atoms with E-state index in [0.717, 1.165) is 12.8 Å². The van der Waals surface area contributed by atoms with Crippen LogP contribution in [0.25, 0.3) is 17.1 Å². The number of aromatic nitrogens is 3. The Hall–Kier alpha value is -3.77. The van der Waals surface area contributed by atoms with Gasteiger partial charge in [0.2, 0.25) is 0 Å². The second-order valence-corrected chi connectivity index (χ2v) is 7.69. The van der Waals surface area contributed by atoms with Crippen LogP contribution < -0.4 is 5.56 Å². The van der Waals surface area contributed by atoms with Gasteiger partial charge in [0.25, 0.3) is 11.5 Å². The average molecular weight is 435 g/mol. The van der Waals surface area contributed by atoms with Gasteiger partial charge in [0.05, 0.1) is 34.3 Å². The van der Waals surface area contributed by atoms with Crippen molar-refractivity contribution in [3.8, 4) is 23.1 Å². The lowest BCUT2D eigenvalue weighted by molar-refractivity contribution is 0.0350. The first-order chi connectivity index (χ1) is 15.4. The van der Waals surface area contributed by atoms with Crippen molar-refractivity contribution in [2.75, 3.05) is 20.2 Å². The quantitative estimate of drug-likeness (QED) is 0.679. The number of nitrogens with one attached hydrogen (secondary N) is 1. The van der Waals surface area contributed by atoms with E-state index in [1.165, 1.54) is 36.0 Å². The molecular weight excluding hydrogens is 413 g/mol. The van der Waals surface area contributed by atoms with E-state index in [1.54, 1.807) is 30.2 Å². The van der Waals surface area contributed by atoms with E-state index < -0.39 is 11.4 Å². The van der Waals surface area contributed by atoms with Gasteiger partial charge in [0.15, 0.2) is 0 Å². The second-order valence-electron chi connectivity index (χ2n) is 7.69. The summed E-state index contributed by atoms with van der Waals surface area (Å²) in [6, 6.07) is 9.33. The number of nitrogens with zero attached hydrogens (tertiary/aromatic N) is 4. The molecular formula is C23H22FN5O3. The molecule has 0 atom stereocenters. The number of ether oxygens (including phenoxy) is 1. The number of aromatic amines is 1. The number of hydrogen-bond donors (Lipinski definition) is 1. The number of rotatable bonds is 4. The molecule has 1 amide bonds. The third-order valence-electron chi connectivity index (χ3n) is 5.79. The van der Waals surface area contributed by atoms with Crippen LogP contribution in [0, 0.1) is 24.1 Å². The van der Waals surface area contributed by atoms with Gasteiger partial charge in [0.1, 0.15) is 11.9 Å². The summed E-state index contributed by atoms with van der Waals surface area (Å²) in [7, 11) is 1.68. The molecule has 164 valence electrons. The first-order valence-electron chi connectivity index (χ1n) is 10.2. The lowest BCUT2D eigenvalue weighted by Gasteiger charge is -2.31. The molecule has 0 aliphatic carbocycles. The molecule has 8 nitrogen and oxygen atoms in total. The van der Waals surface area contributed by atoms with Gasteiger partial charge in [-0.15, -0.1) is 0 Å². The molecule has 0 spiro atoms. The average Bonchev–Trinajstić information content (AvgIpc) is 3.21. The monoisotopic (exact) mass is 435 g/mol. The van der Waals surface area contributed by atoms with Crippen LogP contribution in [-0.2, 0) is 4.74 Å². The molecule has 0 radical (unpaired) electrons. The van der Waals surface area contributed by atoms with Gasteiger partial charge in [-0.25, -0.2) is 9.07 Å². The first kappa shape index (κ1) is 21.5. The Kier molecular flexibility index (Phi) is 5.88. The number of carbonyl (C=O) groups is 1. The lowest BCUT2D eigenvalue weighted by atomic mass is 10.1. The van der Waals surface area contributed by atoms with Gasteiger partial charge in [-0.3, -0.25) is 19.7 Å². The Bertz CT molecular complexity index is 1250. The SMILES string of the molecule is COC1CCN(C(=O)c2ccc(-c3cc(=O)n(-c4ccc(C#N)c(F)c4C)[nH]3)nc2)CC1. The maximum Gasteiger partial charge on any atom is 0.271 e. The van der Waals surface area contributed by atoms with E-state index in [0.29, 0.717) is 35.7 Å². The molecule has 4 rings (SSSR count). The highest BCUT2D eigenvalue weighted by Crippen LogP contribution is 2.21. The summed E-state index contributed by atoms with van der Waals surface area (Å²) in [5, 5.41) is 11.9. The Morgan fingerprint density at radius 1 is 1.28 bits per heavy atom. The fraction of sp³-hybridized carbons (Fsp3) is 0.304. The molecule has 0 bridgehead atoms. The Morgan fingerprint density at radius 2 is 2.03 bits per heavy atom. The van der Waals surface area contributed by atoms with Crippen molar-refractivity contribution < 1.29 is 13.9 Å². The number of H-pyrrole nitrogens is 1. The van der Waals surface area contributed by atoms with E-state index in [1.807, 2.05) is 0 Å². The molecule has 32 heavy (non-hydrogen) atoms. The fourth-order valence-corrected chi connectivity index (χ4v) is 3.87. The predicted molar refractivity (Wildman–Crippen MR) is 115 cm³/mol. The van der Waals surface area contributed by atoms with E-state index in [-0.39, 0.29) is 23.1 Å². The Morgan fingerprint density at radius 3 is 2.66 bits per heavy atom. The number of hydrogen-bond acceptors (Lipinski definition) is 5. The van der Waals surface area contributed by atoms with Crippen molar-refractivity contribution in [1.82, 2.24) is 19.7 Å². The van der Waals surface area contributed by atoms with Gasteiger partial charge in [-0.2, -0.15) is 5.26 Å². The number of benzene rings is 1. The van der Waals surface area contributed by atoms with Crippen molar-refractivity contribution in [1.29, 1.82) is 5.26 Å². The largest absolute Gasteiger partial charge is 0.381 e. The summed E-state index contributed by atoms with van der Waals surface area (Å²) >= 11 is 0. The maximum absolute atomic E-state index is 14.3. The van der Waals surface area contributed by atoms with E-state index in [4.69, 9.17) is 10.00 Å². The van der Waals surface area contributed by atoms with E-state index >= 15 is 0 Å². The topological polar surface area (TPSA) is 104 Å². The highest BCUT2D eigenvalue weighted by molar-refractivity contribution is 5.94. The molecule has 1 N–H and O–H groups in total. The molecule has 1 aromatic carbocycles. The smallest absolute Gasteiger partial charge is 0.271 e. The molecule has 1 aliphatic rings. The first-order valence-corrected chi connectivity index (χ1v) is 10.2. The van der Waals surface area contributed by atoms with Crippen LogP contribution in [0.3, 0.4) is 0 Å². The summed E-state index contributed by atoms with van der Waals surface area (Å²) in [5.41, 5.74) is 1.39. The van der Waals surface area contributed by atoms with Crippen LogP contribution in [0.4, 0.5) is 4.39 Å². The number of piperidine rings is 1. The van der Waals surface area contributed by atoms with Crippen LogP contribution >= 0.6 is 0 Å². The highest BCUT2D eigenvalue weighted by atomic mass is 19.1. The van der Waals surface area contributed by atoms with Crippen LogP contribution in [0.2, 0.25) is 0 Å². The number of likely N-dealkylation sites (tertiary alicyclic amines) is 1. The van der Waals surface area contributed by atoms with Crippen molar-refractivity contribution in [3.63, 3.8) is 0 Å². The molecule has 2 aromatic heterocycles. The highest BCUT2D eigenvalue weighted by Gasteiger charge is 2.23. The summed E-state index contributed by atoms with van der Waals surface area (Å²) in [6.07, 6.45) is 3.28. The zero-order valence-electron chi connectivity index (χ0n) is 17.8. The number of amides is 1. The molecule has 3 aromatic rings. The lowest BCUT2D eigenvalue weighted by Crippen LogP contribution is -2.40. The summed E-state index contributed by atoms with van der Waals surface area (Å²) < 4.78 is 20.9.